The van der Waals surface area contributed by atoms with Gasteiger partial charge in [0.05, 0.1) is 6.04 Å². The lowest BCUT2D eigenvalue weighted by Gasteiger charge is -2.18. The largest absolute Gasteiger partial charge is 0.340 e. The number of halogens is 1. The Morgan fingerprint density at radius 2 is 1.79 bits per heavy atom. The average molecular weight is 356 g/mol. The van der Waals surface area contributed by atoms with Crippen LogP contribution in [0.2, 0.25) is 5.02 Å². The number of hydrogen-bond donors (Lipinski definition) is 1. The number of carbonyl (C=O) groups excluding carboxylic acids is 1. The van der Waals surface area contributed by atoms with E-state index in [0.29, 0.717) is 10.6 Å². The molecular formula is C20H18ClNOS. The molecule has 0 aliphatic rings. The fraction of sp³-hybridized carbons (Fsp3) is 0.150. The highest BCUT2D eigenvalue weighted by atomic mass is 35.5. The topological polar surface area (TPSA) is 29.1 Å². The minimum Gasteiger partial charge on any atom is -0.340 e. The highest BCUT2D eigenvalue weighted by Gasteiger charge is 2.18. The molecule has 3 aromatic rings. The summed E-state index contributed by atoms with van der Waals surface area (Å²) < 4.78 is 0. The second-order valence-electron chi connectivity index (χ2n) is 5.52. The molecule has 1 heterocycles. The summed E-state index contributed by atoms with van der Waals surface area (Å²) in [5.41, 5.74) is 2.97. The smallest absolute Gasteiger partial charge is 0.252 e. The maximum absolute atomic E-state index is 12.6. The van der Waals surface area contributed by atoms with E-state index in [1.54, 1.807) is 35.6 Å². The van der Waals surface area contributed by atoms with E-state index in [-0.39, 0.29) is 11.9 Å². The fourth-order valence-corrected chi connectivity index (χ4v) is 3.46. The normalized spacial score (nSPS) is 11.9. The van der Waals surface area contributed by atoms with Crippen LogP contribution in [0.4, 0.5) is 0 Å². The zero-order chi connectivity index (χ0) is 16.9. The van der Waals surface area contributed by atoms with E-state index in [1.807, 2.05) is 17.5 Å². The van der Waals surface area contributed by atoms with E-state index in [9.17, 15) is 4.79 Å². The van der Waals surface area contributed by atoms with Gasteiger partial charge in [0.1, 0.15) is 0 Å². The van der Waals surface area contributed by atoms with Crippen LogP contribution in [0.1, 0.15) is 39.3 Å². The summed E-state index contributed by atoms with van der Waals surface area (Å²) >= 11 is 7.54. The highest BCUT2D eigenvalue weighted by Crippen LogP contribution is 2.27. The predicted molar refractivity (Wildman–Crippen MR) is 101 cm³/mol. The van der Waals surface area contributed by atoms with Crippen LogP contribution >= 0.6 is 22.9 Å². The highest BCUT2D eigenvalue weighted by molar-refractivity contribution is 7.10. The molecule has 2 aromatic carbocycles. The number of hydrogen-bond acceptors (Lipinski definition) is 2. The van der Waals surface area contributed by atoms with E-state index < -0.39 is 0 Å². The third-order valence-electron chi connectivity index (χ3n) is 3.93. The molecule has 3 rings (SSSR count). The molecular weight excluding hydrogens is 338 g/mol. The first-order valence-electron chi connectivity index (χ1n) is 7.86. The average Bonchev–Trinajstić information content (AvgIpc) is 3.14. The summed E-state index contributed by atoms with van der Waals surface area (Å²) in [5, 5.41) is 5.78. The summed E-state index contributed by atoms with van der Waals surface area (Å²) in [6.45, 7) is 2.13. The van der Waals surface area contributed by atoms with E-state index in [2.05, 4.69) is 36.5 Å². The van der Waals surface area contributed by atoms with Gasteiger partial charge in [-0.15, -0.1) is 11.3 Å². The van der Waals surface area contributed by atoms with Gasteiger partial charge in [-0.05, 0) is 53.3 Å². The zero-order valence-corrected chi connectivity index (χ0v) is 14.9. The van der Waals surface area contributed by atoms with Crippen molar-refractivity contribution in [2.45, 2.75) is 19.4 Å². The monoisotopic (exact) mass is 355 g/mol. The fourth-order valence-electron chi connectivity index (χ4n) is 2.54. The maximum atomic E-state index is 12.6. The summed E-state index contributed by atoms with van der Waals surface area (Å²) in [6.07, 6.45) is 1.00. The molecule has 0 aliphatic carbocycles. The van der Waals surface area contributed by atoms with Crippen molar-refractivity contribution in [3.63, 3.8) is 0 Å². The van der Waals surface area contributed by atoms with Crippen molar-refractivity contribution in [3.8, 4) is 0 Å². The van der Waals surface area contributed by atoms with Crippen molar-refractivity contribution < 1.29 is 4.79 Å². The van der Waals surface area contributed by atoms with Crippen molar-refractivity contribution >= 4 is 28.8 Å². The molecule has 0 fully saturated rings. The van der Waals surface area contributed by atoms with Crippen LogP contribution in [-0.2, 0) is 6.42 Å². The molecule has 0 radical (unpaired) electrons. The Balaban J connectivity index is 1.87. The molecule has 4 heteroatoms. The van der Waals surface area contributed by atoms with Gasteiger partial charge in [0.2, 0.25) is 0 Å². The maximum Gasteiger partial charge on any atom is 0.252 e. The Kier molecular flexibility index (Phi) is 5.34. The molecule has 0 aliphatic heterocycles. The number of amides is 1. The van der Waals surface area contributed by atoms with Gasteiger partial charge < -0.3 is 5.32 Å². The number of aryl methyl sites for hydroxylation is 1. The third-order valence-corrected chi connectivity index (χ3v) is 5.12. The van der Waals surface area contributed by atoms with Crippen molar-refractivity contribution in [2.24, 2.45) is 0 Å². The molecule has 122 valence electrons. The molecule has 0 saturated heterocycles. The SMILES string of the molecule is CCc1ccc([C@H](NC(=O)c2ccc(Cl)cc2)c2cccs2)cc1. The second kappa shape index (κ2) is 7.65. The minimum atomic E-state index is -0.154. The van der Waals surface area contributed by atoms with Gasteiger partial charge in [-0.25, -0.2) is 0 Å². The molecule has 0 bridgehead atoms. The number of nitrogens with one attached hydrogen (secondary N) is 1. The predicted octanol–water partition coefficient (Wildman–Crippen LogP) is 5.48. The Hall–Kier alpha value is -2.10. The van der Waals surface area contributed by atoms with Gasteiger partial charge >= 0.3 is 0 Å². The quantitative estimate of drug-likeness (QED) is 0.644. The molecule has 2 nitrogen and oxygen atoms in total. The van der Waals surface area contributed by atoms with Crippen molar-refractivity contribution in [1.29, 1.82) is 0 Å². The van der Waals surface area contributed by atoms with Gasteiger partial charge in [-0.3, -0.25) is 4.79 Å². The summed E-state index contributed by atoms with van der Waals surface area (Å²) in [4.78, 5) is 13.7. The number of rotatable bonds is 5. The molecule has 24 heavy (non-hydrogen) atoms. The molecule has 0 unspecified atom stereocenters. The Morgan fingerprint density at radius 1 is 1.08 bits per heavy atom. The lowest BCUT2D eigenvalue weighted by molar-refractivity contribution is 0.0943. The van der Waals surface area contributed by atoms with Gasteiger partial charge in [-0.2, -0.15) is 0 Å². The first-order valence-corrected chi connectivity index (χ1v) is 9.12. The van der Waals surface area contributed by atoms with E-state index in [1.165, 1.54) is 5.56 Å². The Bertz CT molecular complexity index is 795. The van der Waals surface area contributed by atoms with Crippen LogP contribution in [0.5, 0.6) is 0 Å². The van der Waals surface area contributed by atoms with Gasteiger partial charge in [0.25, 0.3) is 5.91 Å². The van der Waals surface area contributed by atoms with Crippen LogP contribution < -0.4 is 5.32 Å². The lowest BCUT2D eigenvalue weighted by Crippen LogP contribution is -2.28. The summed E-state index contributed by atoms with van der Waals surface area (Å²) in [6, 6.07) is 19.2. The van der Waals surface area contributed by atoms with E-state index in [0.717, 1.165) is 16.9 Å². The van der Waals surface area contributed by atoms with Gasteiger partial charge in [-0.1, -0.05) is 48.9 Å². The molecule has 1 N–H and O–H groups in total. The third kappa shape index (κ3) is 3.86. The van der Waals surface area contributed by atoms with Crippen molar-refractivity contribution in [3.05, 3.63) is 92.6 Å². The summed E-state index contributed by atoms with van der Waals surface area (Å²) in [5.74, 6) is -0.107. The Labute approximate surface area is 151 Å². The summed E-state index contributed by atoms with van der Waals surface area (Å²) in [7, 11) is 0. The minimum absolute atomic E-state index is 0.107. The van der Waals surface area contributed by atoms with E-state index >= 15 is 0 Å². The zero-order valence-electron chi connectivity index (χ0n) is 13.3. The van der Waals surface area contributed by atoms with Gasteiger partial charge in [0.15, 0.2) is 0 Å². The van der Waals surface area contributed by atoms with Gasteiger partial charge in [0, 0.05) is 15.5 Å². The number of thiophene rings is 1. The molecule has 0 saturated carbocycles. The lowest BCUT2D eigenvalue weighted by atomic mass is 10.0. The first kappa shape index (κ1) is 16.7. The molecule has 1 amide bonds. The standard InChI is InChI=1S/C20H18ClNOS/c1-2-14-5-7-15(8-6-14)19(18-4-3-13-24-18)22-20(23)16-9-11-17(21)12-10-16/h3-13,19H,2H2,1H3,(H,22,23)/t19-/m0/s1. The molecule has 1 aromatic heterocycles. The van der Waals surface area contributed by atoms with Crippen LogP contribution in [0.15, 0.2) is 66.0 Å². The second-order valence-corrected chi connectivity index (χ2v) is 6.94. The van der Waals surface area contributed by atoms with Crippen LogP contribution in [0, 0.1) is 0 Å². The van der Waals surface area contributed by atoms with E-state index in [4.69, 9.17) is 11.6 Å². The van der Waals surface area contributed by atoms with Crippen LogP contribution in [-0.4, -0.2) is 5.91 Å². The van der Waals surface area contributed by atoms with Crippen molar-refractivity contribution in [2.75, 3.05) is 0 Å². The van der Waals surface area contributed by atoms with Crippen LogP contribution in [0.25, 0.3) is 0 Å². The Morgan fingerprint density at radius 3 is 2.38 bits per heavy atom. The number of benzene rings is 2. The molecule has 0 spiro atoms. The van der Waals surface area contributed by atoms with Crippen molar-refractivity contribution in [1.82, 2.24) is 5.32 Å². The number of carbonyl (C=O) groups is 1. The molecule has 1 atom stereocenters. The first-order chi connectivity index (χ1) is 11.7. The van der Waals surface area contributed by atoms with Crippen LogP contribution in [0.3, 0.4) is 0 Å².